The molecule has 7 heteroatoms. The van der Waals surface area contributed by atoms with Gasteiger partial charge in [-0.05, 0) is 49.4 Å². The van der Waals surface area contributed by atoms with Crippen molar-refractivity contribution < 1.29 is 4.79 Å². The van der Waals surface area contributed by atoms with Gasteiger partial charge in [-0.3, -0.25) is 9.78 Å². The fourth-order valence-corrected chi connectivity index (χ4v) is 3.67. The van der Waals surface area contributed by atoms with Gasteiger partial charge < -0.3 is 15.5 Å². The van der Waals surface area contributed by atoms with Crippen LogP contribution in [0.1, 0.15) is 31.7 Å². The number of aromatic nitrogens is 1. The second-order valence-electron chi connectivity index (χ2n) is 7.39. The van der Waals surface area contributed by atoms with Gasteiger partial charge in [-0.1, -0.05) is 24.3 Å². The van der Waals surface area contributed by atoms with Crippen molar-refractivity contribution in [3.8, 4) is 11.3 Å². The Morgan fingerprint density at radius 3 is 2.67 bits per heavy atom. The van der Waals surface area contributed by atoms with E-state index in [1.54, 1.807) is 7.05 Å². The number of halogens is 1. The van der Waals surface area contributed by atoms with Crippen molar-refractivity contribution in [1.82, 2.24) is 20.5 Å². The van der Waals surface area contributed by atoms with Crippen molar-refractivity contribution >= 4 is 35.8 Å². The molecule has 0 aliphatic carbocycles. The van der Waals surface area contributed by atoms with Crippen molar-refractivity contribution in [1.29, 1.82) is 0 Å². The van der Waals surface area contributed by atoms with Gasteiger partial charge in [0, 0.05) is 44.9 Å². The summed E-state index contributed by atoms with van der Waals surface area (Å²) in [5.74, 6) is 1.55. The number of amides is 1. The largest absolute Gasteiger partial charge is 0.359 e. The smallest absolute Gasteiger partial charge is 0.220 e. The first-order valence-electron chi connectivity index (χ1n) is 10.4. The number of benzene rings is 1. The van der Waals surface area contributed by atoms with Crippen LogP contribution >= 0.6 is 24.0 Å². The summed E-state index contributed by atoms with van der Waals surface area (Å²) < 4.78 is 0. The van der Waals surface area contributed by atoms with Gasteiger partial charge >= 0.3 is 0 Å². The first kappa shape index (κ1) is 24.1. The average Bonchev–Trinajstić information content (AvgIpc) is 2.78. The quantitative estimate of drug-likeness (QED) is 0.346. The minimum atomic E-state index is 0. The minimum absolute atomic E-state index is 0. The Morgan fingerprint density at radius 1 is 1.20 bits per heavy atom. The Labute approximate surface area is 196 Å². The maximum atomic E-state index is 11.6. The number of likely N-dealkylation sites (tertiary alicyclic amines) is 1. The molecular formula is C23H32IN5O. The topological polar surface area (TPSA) is 69.6 Å². The zero-order valence-corrected chi connectivity index (χ0v) is 20.1. The van der Waals surface area contributed by atoms with Crippen LogP contribution in [0.15, 0.2) is 53.7 Å². The second-order valence-corrected chi connectivity index (χ2v) is 7.39. The number of guanidine groups is 1. The van der Waals surface area contributed by atoms with Crippen molar-refractivity contribution in [2.45, 2.75) is 32.7 Å². The molecule has 1 aliphatic rings. The Balaban J connectivity index is 0.00000320. The van der Waals surface area contributed by atoms with Gasteiger partial charge in [-0.25, -0.2) is 4.99 Å². The standard InChI is InChI=1S/C23H31N5O.HI/c1-3-25-23(28-13-10-18(11-14-28)16-22(29)24-2)27-17-19-7-6-8-20(15-19)21-9-4-5-12-26-21;/h4-9,12,15,18H,3,10-11,13-14,16-17H2,1-2H3,(H,24,29)(H,25,27);1H. The fourth-order valence-electron chi connectivity index (χ4n) is 3.67. The highest BCUT2D eigenvalue weighted by Crippen LogP contribution is 2.21. The van der Waals surface area contributed by atoms with Crippen molar-refractivity contribution in [3.63, 3.8) is 0 Å². The van der Waals surface area contributed by atoms with E-state index in [0.717, 1.165) is 55.3 Å². The average molecular weight is 521 g/mol. The van der Waals surface area contributed by atoms with Crippen LogP contribution in [0.25, 0.3) is 11.3 Å². The van der Waals surface area contributed by atoms with Gasteiger partial charge in [0.15, 0.2) is 5.96 Å². The van der Waals surface area contributed by atoms with E-state index in [1.807, 2.05) is 24.4 Å². The van der Waals surface area contributed by atoms with E-state index in [9.17, 15) is 4.79 Å². The molecule has 2 heterocycles. The van der Waals surface area contributed by atoms with Gasteiger partial charge in [-0.15, -0.1) is 24.0 Å². The van der Waals surface area contributed by atoms with Gasteiger partial charge in [0.25, 0.3) is 0 Å². The molecule has 0 radical (unpaired) electrons. The summed E-state index contributed by atoms with van der Waals surface area (Å²) in [6.07, 6.45) is 4.48. The first-order valence-corrected chi connectivity index (χ1v) is 10.4. The zero-order chi connectivity index (χ0) is 20.5. The highest BCUT2D eigenvalue weighted by Gasteiger charge is 2.23. The normalized spacial score (nSPS) is 14.7. The number of nitrogens with one attached hydrogen (secondary N) is 2. The van der Waals surface area contributed by atoms with Crippen LogP contribution < -0.4 is 10.6 Å². The molecule has 1 aliphatic heterocycles. The lowest BCUT2D eigenvalue weighted by atomic mass is 9.93. The maximum absolute atomic E-state index is 11.6. The summed E-state index contributed by atoms with van der Waals surface area (Å²) in [6, 6.07) is 14.4. The minimum Gasteiger partial charge on any atom is -0.359 e. The molecule has 0 atom stereocenters. The van der Waals surface area contributed by atoms with Crippen molar-refractivity contribution in [2.75, 3.05) is 26.7 Å². The summed E-state index contributed by atoms with van der Waals surface area (Å²) in [7, 11) is 1.70. The number of nitrogens with zero attached hydrogens (tertiary/aromatic N) is 3. The summed E-state index contributed by atoms with van der Waals surface area (Å²) in [5.41, 5.74) is 3.25. The highest BCUT2D eigenvalue weighted by atomic mass is 127. The SMILES string of the molecule is CCNC(=NCc1cccc(-c2ccccn2)c1)N1CCC(CC(=O)NC)CC1.I. The molecule has 0 bridgehead atoms. The summed E-state index contributed by atoms with van der Waals surface area (Å²) in [4.78, 5) is 23.2. The molecule has 2 N–H and O–H groups in total. The Hall–Kier alpha value is -2.16. The van der Waals surface area contributed by atoms with Crippen molar-refractivity contribution in [2.24, 2.45) is 10.9 Å². The second kappa shape index (κ2) is 12.5. The molecule has 0 saturated carbocycles. The first-order chi connectivity index (χ1) is 14.2. The van der Waals surface area contributed by atoms with Gasteiger partial charge in [-0.2, -0.15) is 0 Å². The Bertz CT molecular complexity index is 819. The zero-order valence-electron chi connectivity index (χ0n) is 17.8. The van der Waals surface area contributed by atoms with E-state index in [4.69, 9.17) is 4.99 Å². The highest BCUT2D eigenvalue weighted by molar-refractivity contribution is 14.0. The molecule has 1 aromatic carbocycles. The number of rotatable bonds is 6. The van der Waals surface area contributed by atoms with Crippen LogP contribution in [0.5, 0.6) is 0 Å². The number of piperidine rings is 1. The molecule has 1 amide bonds. The molecule has 1 saturated heterocycles. The number of aliphatic imine (C=N–C) groups is 1. The molecule has 1 aromatic heterocycles. The number of carbonyl (C=O) groups is 1. The molecule has 0 unspecified atom stereocenters. The maximum Gasteiger partial charge on any atom is 0.220 e. The number of hydrogen-bond acceptors (Lipinski definition) is 3. The van der Waals surface area contributed by atoms with Crippen LogP contribution in [-0.2, 0) is 11.3 Å². The molecule has 0 spiro atoms. The lowest BCUT2D eigenvalue weighted by Gasteiger charge is -2.34. The molecular weight excluding hydrogens is 489 g/mol. The van der Waals surface area contributed by atoms with E-state index >= 15 is 0 Å². The Morgan fingerprint density at radius 2 is 2.00 bits per heavy atom. The van der Waals surface area contributed by atoms with E-state index in [-0.39, 0.29) is 29.9 Å². The molecule has 3 rings (SSSR count). The van der Waals surface area contributed by atoms with E-state index in [1.165, 1.54) is 0 Å². The fraction of sp³-hybridized carbons (Fsp3) is 0.435. The third kappa shape index (κ3) is 6.97. The van der Waals surface area contributed by atoms with Gasteiger partial charge in [0.2, 0.25) is 5.91 Å². The summed E-state index contributed by atoms with van der Waals surface area (Å²) in [6.45, 7) is 5.42. The van der Waals surface area contributed by atoms with Crippen LogP contribution in [0.3, 0.4) is 0 Å². The number of pyridine rings is 1. The van der Waals surface area contributed by atoms with Crippen LogP contribution in [0.4, 0.5) is 0 Å². The van der Waals surface area contributed by atoms with Gasteiger partial charge in [0.05, 0.1) is 12.2 Å². The molecule has 162 valence electrons. The lowest BCUT2D eigenvalue weighted by molar-refractivity contribution is -0.121. The van der Waals surface area contributed by atoms with Crippen molar-refractivity contribution in [3.05, 3.63) is 54.2 Å². The summed E-state index contributed by atoms with van der Waals surface area (Å²) in [5, 5.41) is 6.15. The third-order valence-electron chi connectivity index (χ3n) is 5.30. The molecule has 1 fully saturated rings. The third-order valence-corrected chi connectivity index (χ3v) is 5.30. The lowest BCUT2D eigenvalue weighted by Crippen LogP contribution is -2.46. The Kier molecular flexibility index (Phi) is 10.1. The number of carbonyl (C=O) groups excluding carboxylic acids is 1. The molecule has 2 aromatic rings. The van der Waals surface area contributed by atoms with Crippen LogP contribution in [-0.4, -0.2) is 48.4 Å². The molecule has 6 nitrogen and oxygen atoms in total. The molecule has 30 heavy (non-hydrogen) atoms. The van der Waals surface area contributed by atoms with Gasteiger partial charge in [0.1, 0.15) is 0 Å². The van der Waals surface area contributed by atoms with E-state index < -0.39 is 0 Å². The van der Waals surface area contributed by atoms with E-state index in [2.05, 4.69) is 51.7 Å². The number of hydrogen-bond donors (Lipinski definition) is 2. The van der Waals surface area contributed by atoms with Crippen LogP contribution in [0.2, 0.25) is 0 Å². The van der Waals surface area contributed by atoms with Crippen LogP contribution in [0, 0.1) is 5.92 Å². The summed E-state index contributed by atoms with van der Waals surface area (Å²) >= 11 is 0. The predicted octanol–water partition coefficient (Wildman–Crippen LogP) is 3.68. The predicted molar refractivity (Wildman–Crippen MR) is 133 cm³/mol. The van der Waals surface area contributed by atoms with E-state index in [0.29, 0.717) is 18.9 Å². The monoisotopic (exact) mass is 521 g/mol.